The molecule has 1 aliphatic rings. The molecule has 1 N–H and O–H groups in total. The number of amides is 1. The molecule has 0 atom stereocenters. The van der Waals surface area contributed by atoms with Crippen LogP contribution in [0.5, 0.6) is 0 Å². The number of aromatic nitrogens is 2. The van der Waals surface area contributed by atoms with Gasteiger partial charge in [0, 0.05) is 21.4 Å². The lowest BCUT2D eigenvalue weighted by molar-refractivity contribution is -0.116. The van der Waals surface area contributed by atoms with Crippen molar-refractivity contribution in [1.29, 1.82) is 0 Å². The maximum absolute atomic E-state index is 13.0. The quantitative estimate of drug-likeness (QED) is 0.504. The molecule has 1 aromatic heterocycles. The van der Waals surface area contributed by atoms with Gasteiger partial charge in [-0.2, -0.15) is 0 Å². The van der Waals surface area contributed by atoms with E-state index in [-0.39, 0.29) is 20.9 Å². The molecule has 0 unspecified atom stereocenters. The molecule has 1 aromatic carbocycles. The van der Waals surface area contributed by atoms with Gasteiger partial charge in [0.15, 0.2) is 0 Å². The Kier molecular flexibility index (Phi) is 4.81. The third-order valence-corrected chi connectivity index (χ3v) is 4.62. The number of nitrogens with zero attached hydrogens (tertiary/aromatic N) is 2. The SMILES string of the molecule is CC(C)(I)CC(=O)Nc1nc2ccc(C(F)F)cc2n1C1CCC1. The highest BCUT2D eigenvalue weighted by Gasteiger charge is 2.27. The first-order valence-electron chi connectivity index (χ1n) is 8.03. The molecule has 0 spiro atoms. The second-order valence-corrected chi connectivity index (χ2v) is 9.80. The van der Waals surface area contributed by atoms with Crippen molar-refractivity contribution >= 4 is 45.5 Å². The van der Waals surface area contributed by atoms with Crippen molar-refractivity contribution in [2.75, 3.05) is 5.32 Å². The van der Waals surface area contributed by atoms with Crippen LogP contribution in [0, 0.1) is 0 Å². The van der Waals surface area contributed by atoms with E-state index in [0.717, 1.165) is 19.3 Å². The fourth-order valence-electron chi connectivity index (χ4n) is 2.90. The van der Waals surface area contributed by atoms with E-state index in [1.807, 2.05) is 18.4 Å². The highest BCUT2D eigenvalue weighted by atomic mass is 127. The number of carbonyl (C=O) groups excluding carboxylic acids is 1. The molecule has 3 rings (SSSR count). The number of halogens is 3. The smallest absolute Gasteiger partial charge is 0.263 e. The second kappa shape index (κ2) is 6.57. The molecule has 0 bridgehead atoms. The number of anilines is 1. The number of hydrogen-bond donors (Lipinski definition) is 1. The first kappa shape index (κ1) is 17.6. The Hall–Kier alpha value is -1.25. The normalized spacial score (nSPS) is 15.8. The Morgan fingerprint density at radius 1 is 1.46 bits per heavy atom. The third kappa shape index (κ3) is 3.70. The lowest BCUT2D eigenvalue weighted by atomic mass is 9.92. The molecule has 1 fully saturated rings. The van der Waals surface area contributed by atoms with E-state index in [1.54, 1.807) is 6.07 Å². The van der Waals surface area contributed by atoms with Crippen LogP contribution in [0.2, 0.25) is 0 Å². The summed E-state index contributed by atoms with van der Waals surface area (Å²) < 4.78 is 27.8. The molecule has 1 heterocycles. The molecule has 1 aliphatic carbocycles. The van der Waals surface area contributed by atoms with Crippen molar-refractivity contribution in [1.82, 2.24) is 9.55 Å². The van der Waals surface area contributed by atoms with Crippen LogP contribution in [0.4, 0.5) is 14.7 Å². The van der Waals surface area contributed by atoms with Gasteiger partial charge in [-0.3, -0.25) is 10.1 Å². The molecular weight excluding hydrogens is 427 g/mol. The highest BCUT2D eigenvalue weighted by Crippen LogP contribution is 2.38. The van der Waals surface area contributed by atoms with Crippen molar-refractivity contribution in [3.8, 4) is 0 Å². The van der Waals surface area contributed by atoms with E-state index in [2.05, 4.69) is 32.9 Å². The Morgan fingerprint density at radius 3 is 2.71 bits per heavy atom. The third-order valence-electron chi connectivity index (χ3n) is 4.24. The number of hydrogen-bond acceptors (Lipinski definition) is 2. The van der Waals surface area contributed by atoms with Crippen molar-refractivity contribution in [3.63, 3.8) is 0 Å². The molecule has 4 nitrogen and oxygen atoms in total. The molecule has 1 saturated carbocycles. The van der Waals surface area contributed by atoms with E-state index in [0.29, 0.717) is 23.4 Å². The van der Waals surface area contributed by atoms with Crippen LogP contribution in [0.25, 0.3) is 11.0 Å². The lowest BCUT2D eigenvalue weighted by Crippen LogP contribution is -2.25. The van der Waals surface area contributed by atoms with Gasteiger partial charge < -0.3 is 4.57 Å². The number of benzene rings is 1. The number of imidazole rings is 1. The van der Waals surface area contributed by atoms with Gasteiger partial charge in [0.25, 0.3) is 6.43 Å². The fourth-order valence-corrected chi connectivity index (χ4v) is 3.25. The van der Waals surface area contributed by atoms with Gasteiger partial charge in [-0.15, -0.1) is 0 Å². The summed E-state index contributed by atoms with van der Waals surface area (Å²) in [6.07, 6.45) is 0.907. The molecule has 0 aliphatic heterocycles. The summed E-state index contributed by atoms with van der Waals surface area (Å²) >= 11 is 2.23. The lowest BCUT2D eigenvalue weighted by Gasteiger charge is -2.29. The highest BCUT2D eigenvalue weighted by molar-refractivity contribution is 14.1. The van der Waals surface area contributed by atoms with Gasteiger partial charge in [0.1, 0.15) is 0 Å². The standard InChI is InChI=1S/C17H20F2IN3O/c1-17(2,20)9-14(24)22-16-21-12-7-6-10(15(18)19)8-13(12)23(16)11-4-3-5-11/h6-8,11,15H,3-5,9H2,1-2H3,(H,21,22,24). The van der Waals surface area contributed by atoms with Gasteiger partial charge in [-0.25, -0.2) is 13.8 Å². The van der Waals surface area contributed by atoms with Crippen LogP contribution in [0.15, 0.2) is 18.2 Å². The van der Waals surface area contributed by atoms with Gasteiger partial charge in [0.2, 0.25) is 11.9 Å². The van der Waals surface area contributed by atoms with Crippen LogP contribution in [-0.2, 0) is 4.79 Å². The van der Waals surface area contributed by atoms with Gasteiger partial charge in [-0.05, 0) is 31.4 Å². The minimum absolute atomic E-state index is 0.0192. The minimum atomic E-state index is -2.52. The largest absolute Gasteiger partial charge is 0.307 e. The monoisotopic (exact) mass is 447 g/mol. The number of carbonyl (C=O) groups is 1. The Balaban J connectivity index is 1.98. The Bertz CT molecular complexity index is 763. The first-order chi connectivity index (χ1) is 11.2. The summed E-state index contributed by atoms with van der Waals surface area (Å²) in [6, 6.07) is 4.70. The zero-order valence-electron chi connectivity index (χ0n) is 13.7. The summed E-state index contributed by atoms with van der Waals surface area (Å²) in [7, 11) is 0. The van der Waals surface area contributed by atoms with Crippen LogP contribution < -0.4 is 5.32 Å². The zero-order valence-corrected chi connectivity index (χ0v) is 15.8. The van der Waals surface area contributed by atoms with Crippen LogP contribution in [-0.4, -0.2) is 18.9 Å². The predicted octanol–water partition coefficient (Wildman–Crippen LogP) is 5.24. The van der Waals surface area contributed by atoms with Gasteiger partial charge in [0.05, 0.1) is 11.0 Å². The second-order valence-electron chi connectivity index (χ2n) is 6.88. The van der Waals surface area contributed by atoms with Gasteiger partial charge in [-0.1, -0.05) is 42.5 Å². The Morgan fingerprint density at radius 2 is 2.17 bits per heavy atom. The fraction of sp³-hybridized carbons (Fsp3) is 0.529. The van der Waals surface area contributed by atoms with Crippen molar-refractivity contribution < 1.29 is 13.6 Å². The number of alkyl halides is 3. The maximum atomic E-state index is 13.0. The number of nitrogens with one attached hydrogen (secondary N) is 1. The average molecular weight is 447 g/mol. The van der Waals surface area contributed by atoms with E-state index in [1.165, 1.54) is 12.1 Å². The van der Waals surface area contributed by atoms with Crippen molar-refractivity contribution in [2.45, 2.75) is 55.4 Å². The van der Waals surface area contributed by atoms with E-state index in [4.69, 9.17) is 0 Å². The zero-order chi connectivity index (χ0) is 17.5. The average Bonchev–Trinajstić information content (AvgIpc) is 2.72. The molecule has 7 heteroatoms. The van der Waals surface area contributed by atoms with E-state index < -0.39 is 6.43 Å². The number of rotatable bonds is 5. The summed E-state index contributed by atoms with van der Waals surface area (Å²) in [4.78, 5) is 16.7. The van der Waals surface area contributed by atoms with E-state index >= 15 is 0 Å². The Labute approximate surface area is 153 Å². The van der Waals surface area contributed by atoms with Crippen molar-refractivity contribution in [2.24, 2.45) is 0 Å². The summed E-state index contributed by atoms with van der Waals surface area (Å²) in [5.41, 5.74) is 1.28. The molecular formula is C17H20F2IN3O. The summed E-state index contributed by atoms with van der Waals surface area (Å²) in [6.45, 7) is 3.97. The minimum Gasteiger partial charge on any atom is -0.307 e. The molecule has 130 valence electrons. The van der Waals surface area contributed by atoms with Gasteiger partial charge >= 0.3 is 0 Å². The maximum Gasteiger partial charge on any atom is 0.263 e. The molecule has 2 aromatic rings. The summed E-state index contributed by atoms with van der Waals surface area (Å²) in [5.74, 6) is 0.353. The van der Waals surface area contributed by atoms with Crippen molar-refractivity contribution in [3.05, 3.63) is 23.8 Å². The molecule has 0 radical (unpaired) electrons. The first-order valence-corrected chi connectivity index (χ1v) is 9.11. The summed E-state index contributed by atoms with van der Waals surface area (Å²) in [5, 5.41) is 2.87. The predicted molar refractivity (Wildman–Crippen MR) is 98.9 cm³/mol. The molecule has 0 saturated heterocycles. The van der Waals surface area contributed by atoms with Crippen LogP contribution in [0.3, 0.4) is 0 Å². The topological polar surface area (TPSA) is 46.9 Å². The van der Waals surface area contributed by atoms with E-state index in [9.17, 15) is 13.6 Å². The van der Waals surface area contributed by atoms with Crippen LogP contribution in [0.1, 0.15) is 57.6 Å². The molecule has 24 heavy (non-hydrogen) atoms. The van der Waals surface area contributed by atoms with Crippen LogP contribution >= 0.6 is 22.6 Å². The molecule has 1 amide bonds. The number of fused-ring (bicyclic) bond motifs is 1.